The molecule has 1 amide bonds. The zero-order chi connectivity index (χ0) is 13.0. The van der Waals surface area contributed by atoms with Crippen molar-refractivity contribution in [3.8, 4) is 0 Å². The van der Waals surface area contributed by atoms with Gasteiger partial charge in [-0.25, -0.2) is 0 Å². The van der Waals surface area contributed by atoms with E-state index in [4.69, 9.17) is 0 Å². The fourth-order valence-corrected chi connectivity index (χ4v) is 5.07. The largest absolute Gasteiger partial charge is 0.393 e. The van der Waals surface area contributed by atoms with Crippen LogP contribution in [0.25, 0.3) is 0 Å². The van der Waals surface area contributed by atoms with E-state index in [9.17, 15) is 9.90 Å². The Bertz CT molecular complexity index is 386. The lowest BCUT2D eigenvalue weighted by Crippen LogP contribution is -2.65. The summed E-state index contributed by atoms with van der Waals surface area (Å²) in [7, 11) is 0. The van der Waals surface area contributed by atoms with Crippen LogP contribution in [0.15, 0.2) is 0 Å². The first-order valence-corrected chi connectivity index (χ1v) is 7.94. The van der Waals surface area contributed by atoms with Crippen molar-refractivity contribution in [3.63, 3.8) is 0 Å². The molecule has 4 aliphatic rings. The first kappa shape index (κ1) is 12.2. The monoisotopic (exact) mass is 264 g/mol. The van der Waals surface area contributed by atoms with E-state index >= 15 is 0 Å². The number of piperidine rings is 4. The van der Waals surface area contributed by atoms with Crippen molar-refractivity contribution >= 4 is 5.91 Å². The number of hydrogen-bond acceptors (Lipinski definition) is 3. The van der Waals surface area contributed by atoms with Gasteiger partial charge < -0.3 is 10.0 Å². The van der Waals surface area contributed by atoms with E-state index in [2.05, 4.69) is 9.80 Å². The average molecular weight is 264 g/mol. The Morgan fingerprint density at radius 2 is 1.89 bits per heavy atom. The van der Waals surface area contributed by atoms with Gasteiger partial charge in [0.25, 0.3) is 0 Å². The summed E-state index contributed by atoms with van der Waals surface area (Å²) in [4.78, 5) is 17.0. The molecule has 106 valence electrons. The minimum Gasteiger partial charge on any atom is -0.393 e. The van der Waals surface area contributed by atoms with E-state index in [1.807, 2.05) is 0 Å². The molecule has 4 saturated heterocycles. The Labute approximate surface area is 114 Å². The third-order valence-electron chi connectivity index (χ3n) is 5.94. The third-order valence-corrected chi connectivity index (χ3v) is 5.94. The van der Waals surface area contributed by atoms with Gasteiger partial charge in [0, 0.05) is 38.1 Å². The second kappa shape index (κ2) is 4.45. The Balaban J connectivity index is 1.58. The maximum absolute atomic E-state index is 12.1. The summed E-state index contributed by atoms with van der Waals surface area (Å²) in [5, 5.41) is 9.92. The van der Waals surface area contributed by atoms with Crippen LogP contribution in [0.2, 0.25) is 0 Å². The van der Waals surface area contributed by atoms with Crippen LogP contribution in [-0.4, -0.2) is 58.6 Å². The molecule has 5 atom stereocenters. The maximum atomic E-state index is 12.1. The molecule has 4 heteroatoms. The van der Waals surface area contributed by atoms with Crippen LogP contribution >= 0.6 is 0 Å². The van der Waals surface area contributed by atoms with E-state index in [1.54, 1.807) is 0 Å². The molecule has 4 rings (SSSR count). The van der Waals surface area contributed by atoms with Crippen LogP contribution in [0.3, 0.4) is 0 Å². The molecule has 19 heavy (non-hydrogen) atoms. The van der Waals surface area contributed by atoms with Gasteiger partial charge in [-0.1, -0.05) is 0 Å². The standard InChI is InChI=1S/C15H24N2O2/c18-12-4-5-16-8-10-6-11(14(16)7-12)9-17-13(10)2-1-3-15(17)19/h10-14,18H,1-9H2/t10-,11+,12+,13-,14+/m1/s1. The quantitative estimate of drug-likeness (QED) is 0.705. The van der Waals surface area contributed by atoms with Crippen LogP contribution in [0.5, 0.6) is 0 Å². The summed E-state index contributed by atoms with van der Waals surface area (Å²) in [5.41, 5.74) is 0. The fourth-order valence-electron chi connectivity index (χ4n) is 5.07. The number of aliphatic hydroxyl groups excluding tert-OH is 1. The van der Waals surface area contributed by atoms with Gasteiger partial charge in [-0.15, -0.1) is 0 Å². The van der Waals surface area contributed by atoms with Crippen LogP contribution < -0.4 is 0 Å². The molecule has 0 spiro atoms. The number of aliphatic hydroxyl groups is 1. The van der Waals surface area contributed by atoms with Gasteiger partial charge in [-0.05, 0) is 43.9 Å². The molecule has 0 aromatic heterocycles. The number of hydrogen-bond donors (Lipinski definition) is 1. The van der Waals surface area contributed by atoms with Gasteiger partial charge in [0.2, 0.25) is 5.91 Å². The summed E-state index contributed by atoms with van der Waals surface area (Å²) in [6.45, 7) is 3.16. The summed E-state index contributed by atoms with van der Waals surface area (Å²) in [6.07, 6.45) is 6.07. The molecule has 0 aromatic rings. The van der Waals surface area contributed by atoms with E-state index in [0.717, 1.165) is 45.3 Å². The smallest absolute Gasteiger partial charge is 0.222 e. The van der Waals surface area contributed by atoms with Crippen LogP contribution in [0.1, 0.15) is 38.5 Å². The average Bonchev–Trinajstić information content (AvgIpc) is 2.41. The van der Waals surface area contributed by atoms with E-state index in [1.165, 1.54) is 12.8 Å². The van der Waals surface area contributed by atoms with Crippen molar-refractivity contribution < 1.29 is 9.90 Å². The van der Waals surface area contributed by atoms with E-state index in [0.29, 0.717) is 29.8 Å². The highest BCUT2D eigenvalue weighted by Crippen LogP contribution is 2.42. The third kappa shape index (κ3) is 1.91. The lowest BCUT2D eigenvalue weighted by atomic mass is 9.70. The molecule has 0 aliphatic carbocycles. The number of fused-ring (bicyclic) bond motifs is 6. The van der Waals surface area contributed by atoms with Gasteiger partial charge in [0.15, 0.2) is 0 Å². The van der Waals surface area contributed by atoms with Crippen molar-refractivity contribution in [2.24, 2.45) is 11.8 Å². The molecule has 4 heterocycles. The fraction of sp³-hybridized carbons (Fsp3) is 0.933. The van der Waals surface area contributed by atoms with Gasteiger partial charge in [-0.2, -0.15) is 0 Å². The summed E-state index contributed by atoms with van der Waals surface area (Å²) in [6, 6.07) is 1.04. The molecular weight excluding hydrogens is 240 g/mol. The van der Waals surface area contributed by atoms with Crippen LogP contribution in [0, 0.1) is 11.8 Å². The Morgan fingerprint density at radius 1 is 1.05 bits per heavy atom. The minimum absolute atomic E-state index is 0.118. The molecule has 4 fully saturated rings. The first-order valence-electron chi connectivity index (χ1n) is 7.94. The maximum Gasteiger partial charge on any atom is 0.222 e. The molecule has 4 aliphatic heterocycles. The second-order valence-corrected chi connectivity index (χ2v) is 7.00. The highest BCUT2D eigenvalue weighted by Gasteiger charge is 2.48. The van der Waals surface area contributed by atoms with Crippen molar-refractivity contribution in [1.29, 1.82) is 0 Å². The molecule has 0 saturated carbocycles. The molecule has 0 unspecified atom stereocenters. The molecule has 0 radical (unpaired) electrons. The molecule has 2 bridgehead atoms. The Morgan fingerprint density at radius 3 is 2.79 bits per heavy atom. The zero-order valence-electron chi connectivity index (χ0n) is 11.5. The second-order valence-electron chi connectivity index (χ2n) is 7.00. The van der Waals surface area contributed by atoms with Gasteiger partial charge >= 0.3 is 0 Å². The van der Waals surface area contributed by atoms with Crippen LogP contribution in [0.4, 0.5) is 0 Å². The predicted molar refractivity (Wildman–Crippen MR) is 71.6 cm³/mol. The predicted octanol–water partition coefficient (Wildman–Crippen LogP) is 0.843. The Hall–Kier alpha value is -0.610. The number of carbonyl (C=O) groups is 1. The first-order chi connectivity index (χ1) is 9.22. The number of rotatable bonds is 0. The normalized spacial score (nSPS) is 46.7. The van der Waals surface area contributed by atoms with E-state index < -0.39 is 0 Å². The lowest BCUT2D eigenvalue weighted by Gasteiger charge is -2.57. The topological polar surface area (TPSA) is 43.8 Å². The van der Waals surface area contributed by atoms with Crippen molar-refractivity contribution in [1.82, 2.24) is 9.80 Å². The summed E-state index contributed by atoms with van der Waals surface area (Å²) >= 11 is 0. The van der Waals surface area contributed by atoms with Crippen molar-refractivity contribution in [2.45, 2.75) is 56.7 Å². The Kier molecular flexibility index (Phi) is 2.85. The van der Waals surface area contributed by atoms with Crippen molar-refractivity contribution in [2.75, 3.05) is 19.6 Å². The van der Waals surface area contributed by atoms with E-state index in [-0.39, 0.29) is 6.10 Å². The molecule has 0 aromatic carbocycles. The minimum atomic E-state index is -0.118. The highest BCUT2D eigenvalue weighted by molar-refractivity contribution is 5.77. The molecular formula is C15H24N2O2. The zero-order valence-corrected chi connectivity index (χ0v) is 11.5. The van der Waals surface area contributed by atoms with Crippen molar-refractivity contribution in [3.05, 3.63) is 0 Å². The van der Waals surface area contributed by atoms with Gasteiger partial charge in [-0.3, -0.25) is 9.69 Å². The summed E-state index contributed by atoms with van der Waals surface area (Å²) < 4.78 is 0. The highest BCUT2D eigenvalue weighted by atomic mass is 16.3. The molecule has 4 nitrogen and oxygen atoms in total. The van der Waals surface area contributed by atoms with Crippen LogP contribution in [-0.2, 0) is 4.79 Å². The molecule has 1 N–H and O–H groups in total. The lowest BCUT2D eigenvalue weighted by molar-refractivity contribution is -0.150. The van der Waals surface area contributed by atoms with Gasteiger partial charge in [0.1, 0.15) is 0 Å². The van der Waals surface area contributed by atoms with Gasteiger partial charge in [0.05, 0.1) is 6.10 Å². The number of amides is 1. The summed E-state index contributed by atoms with van der Waals surface area (Å²) in [5.74, 6) is 1.68. The number of nitrogens with zero attached hydrogens (tertiary/aromatic N) is 2. The number of carbonyl (C=O) groups excluding carboxylic acids is 1. The SMILES string of the molecule is O=C1CCC[C@@H]2[C@@H]3C[C@@H](CN12)[C@@H]1C[C@@H](O)CCN1C3.